The number of piperidine rings is 1. The van der Waals surface area contributed by atoms with E-state index >= 15 is 0 Å². The number of aryl methyl sites for hydroxylation is 1. The first kappa shape index (κ1) is 18.8. The highest BCUT2D eigenvalue weighted by molar-refractivity contribution is 5.73. The van der Waals surface area contributed by atoms with Gasteiger partial charge in [0.25, 0.3) is 0 Å². The zero-order valence-electron chi connectivity index (χ0n) is 14.5. The molecule has 1 aliphatic heterocycles. The van der Waals surface area contributed by atoms with Crippen LogP contribution in [0.1, 0.15) is 51.5 Å². The van der Waals surface area contributed by atoms with Gasteiger partial charge in [0.05, 0.1) is 5.92 Å². The molecule has 1 aromatic rings. The molecule has 1 fully saturated rings. The van der Waals surface area contributed by atoms with Crippen LogP contribution in [0, 0.1) is 17.6 Å². The van der Waals surface area contributed by atoms with E-state index in [4.69, 9.17) is 4.74 Å². The minimum absolute atomic E-state index is 0.00108. The lowest BCUT2D eigenvalue weighted by Gasteiger charge is -2.29. The molecular formula is C19H27F2NO2. The van der Waals surface area contributed by atoms with Crippen LogP contribution in [0.15, 0.2) is 18.2 Å². The Balaban J connectivity index is 1.72. The third-order valence-corrected chi connectivity index (χ3v) is 4.54. The molecule has 0 aliphatic carbocycles. The largest absolute Gasteiger partial charge is 0.459 e. The van der Waals surface area contributed by atoms with Crippen molar-refractivity contribution < 1.29 is 18.3 Å². The smallest absolute Gasteiger partial charge is 0.309 e. The molecule has 5 heteroatoms. The predicted octanol–water partition coefficient (Wildman–Crippen LogP) is 4.00. The SMILES string of the molecule is CC(C)(CCCCc1ccc(F)cc1F)OC(=O)C1CCNCC1. The number of carbonyl (C=O) groups excluding carboxylic acids is 1. The summed E-state index contributed by atoms with van der Waals surface area (Å²) in [4.78, 5) is 12.2. The van der Waals surface area contributed by atoms with Gasteiger partial charge in [-0.1, -0.05) is 6.07 Å². The number of hydrogen-bond acceptors (Lipinski definition) is 3. The summed E-state index contributed by atoms with van der Waals surface area (Å²) in [5, 5.41) is 3.24. The van der Waals surface area contributed by atoms with Crippen molar-refractivity contribution in [2.45, 2.75) is 58.0 Å². The van der Waals surface area contributed by atoms with Gasteiger partial charge in [-0.2, -0.15) is 0 Å². The van der Waals surface area contributed by atoms with Crippen molar-refractivity contribution in [2.75, 3.05) is 13.1 Å². The highest BCUT2D eigenvalue weighted by atomic mass is 19.1. The van der Waals surface area contributed by atoms with Crippen LogP contribution in [0.3, 0.4) is 0 Å². The van der Waals surface area contributed by atoms with Gasteiger partial charge in [-0.25, -0.2) is 8.78 Å². The molecule has 0 amide bonds. The van der Waals surface area contributed by atoms with Crippen LogP contribution in [0.2, 0.25) is 0 Å². The molecule has 1 saturated heterocycles. The number of halogens is 2. The highest BCUT2D eigenvalue weighted by Gasteiger charge is 2.28. The van der Waals surface area contributed by atoms with Gasteiger partial charge in [0.1, 0.15) is 17.2 Å². The summed E-state index contributed by atoms with van der Waals surface area (Å²) in [5.41, 5.74) is 0.0180. The lowest BCUT2D eigenvalue weighted by molar-refractivity contribution is -0.163. The number of unbranched alkanes of at least 4 members (excludes halogenated alkanes) is 1. The number of hydrogen-bond donors (Lipinski definition) is 1. The Hall–Kier alpha value is -1.49. The second-order valence-corrected chi connectivity index (χ2v) is 7.15. The van der Waals surface area contributed by atoms with Crippen molar-refractivity contribution in [3.8, 4) is 0 Å². The first-order chi connectivity index (χ1) is 11.4. The fourth-order valence-corrected chi connectivity index (χ4v) is 3.05. The Morgan fingerprint density at radius 1 is 1.25 bits per heavy atom. The molecule has 0 spiro atoms. The summed E-state index contributed by atoms with van der Waals surface area (Å²) >= 11 is 0. The number of nitrogens with one attached hydrogen (secondary N) is 1. The van der Waals surface area contributed by atoms with E-state index in [2.05, 4.69) is 5.32 Å². The molecule has 0 saturated carbocycles. The molecule has 3 nitrogen and oxygen atoms in total. The van der Waals surface area contributed by atoms with Crippen LogP contribution in [-0.4, -0.2) is 24.7 Å². The van der Waals surface area contributed by atoms with Gasteiger partial charge in [-0.05, 0) is 77.1 Å². The van der Waals surface area contributed by atoms with Crippen molar-refractivity contribution in [3.05, 3.63) is 35.4 Å². The molecule has 24 heavy (non-hydrogen) atoms. The molecule has 1 aromatic carbocycles. The summed E-state index contributed by atoms with van der Waals surface area (Å²) in [6.07, 6.45) is 4.55. The van der Waals surface area contributed by atoms with E-state index in [1.54, 1.807) is 0 Å². The maximum Gasteiger partial charge on any atom is 0.309 e. The van der Waals surface area contributed by atoms with Gasteiger partial charge in [-0.15, -0.1) is 0 Å². The van der Waals surface area contributed by atoms with Gasteiger partial charge in [0, 0.05) is 6.07 Å². The molecule has 0 bridgehead atoms. The van der Waals surface area contributed by atoms with Crippen LogP contribution in [0.4, 0.5) is 8.78 Å². The van der Waals surface area contributed by atoms with Gasteiger partial charge < -0.3 is 10.1 Å². The molecule has 2 rings (SSSR count). The Morgan fingerprint density at radius 2 is 1.96 bits per heavy atom. The van der Waals surface area contributed by atoms with Crippen molar-refractivity contribution in [2.24, 2.45) is 5.92 Å². The predicted molar refractivity (Wildman–Crippen MR) is 89.7 cm³/mol. The minimum atomic E-state index is -0.554. The Morgan fingerprint density at radius 3 is 2.62 bits per heavy atom. The van der Waals surface area contributed by atoms with E-state index in [1.807, 2.05) is 13.8 Å². The average molecular weight is 339 g/mol. The highest BCUT2D eigenvalue weighted by Crippen LogP contribution is 2.23. The molecule has 1 heterocycles. The van der Waals surface area contributed by atoms with Crippen molar-refractivity contribution in [1.82, 2.24) is 5.32 Å². The summed E-state index contributed by atoms with van der Waals surface area (Å²) < 4.78 is 32.1. The molecule has 0 atom stereocenters. The molecule has 1 aliphatic rings. The summed E-state index contributed by atoms with van der Waals surface area (Å²) in [6, 6.07) is 3.69. The zero-order chi connectivity index (χ0) is 17.6. The lowest BCUT2D eigenvalue weighted by atomic mass is 9.96. The monoisotopic (exact) mass is 339 g/mol. The first-order valence-corrected chi connectivity index (χ1v) is 8.75. The van der Waals surface area contributed by atoms with Crippen molar-refractivity contribution >= 4 is 5.97 Å². The molecule has 0 unspecified atom stereocenters. The average Bonchev–Trinajstić information content (AvgIpc) is 2.53. The molecule has 0 radical (unpaired) electrons. The quantitative estimate of drug-likeness (QED) is 0.603. The Kier molecular flexibility index (Phi) is 6.72. The lowest BCUT2D eigenvalue weighted by Crippen LogP contribution is -2.37. The van der Waals surface area contributed by atoms with Crippen LogP contribution in [0.25, 0.3) is 0 Å². The van der Waals surface area contributed by atoms with E-state index in [1.165, 1.54) is 12.1 Å². The maximum absolute atomic E-state index is 13.6. The number of ether oxygens (including phenoxy) is 1. The number of rotatable bonds is 7. The van der Waals surface area contributed by atoms with Gasteiger partial charge >= 0.3 is 5.97 Å². The third kappa shape index (κ3) is 5.86. The maximum atomic E-state index is 13.6. The van der Waals surface area contributed by atoms with Gasteiger partial charge in [0.2, 0.25) is 0 Å². The second-order valence-electron chi connectivity index (χ2n) is 7.15. The normalized spacial score (nSPS) is 16.2. The van der Waals surface area contributed by atoms with E-state index < -0.39 is 17.2 Å². The third-order valence-electron chi connectivity index (χ3n) is 4.54. The second kappa shape index (κ2) is 8.56. The van der Waals surface area contributed by atoms with E-state index in [-0.39, 0.29) is 11.9 Å². The summed E-state index contributed by atoms with van der Waals surface area (Å²) in [7, 11) is 0. The fourth-order valence-electron chi connectivity index (χ4n) is 3.05. The number of benzene rings is 1. The van der Waals surface area contributed by atoms with Gasteiger partial charge in [0.15, 0.2) is 0 Å². The summed E-state index contributed by atoms with van der Waals surface area (Å²) in [6.45, 7) is 5.57. The fraction of sp³-hybridized carbons (Fsp3) is 0.632. The molecule has 0 aromatic heterocycles. The van der Waals surface area contributed by atoms with E-state index in [0.29, 0.717) is 12.0 Å². The number of esters is 1. The van der Waals surface area contributed by atoms with Crippen molar-refractivity contribution in [3.63, 3.8) is 0 Å². The molecular weight excluding hydrogens is 312 g/mol. The Labute approximate surface area is 142 Å². The topological polar surface area (TPSA) is 38.3 Å². The Bertz CT molecular complexity index is 554. The van der Waals surface area contributed by atoms with Crippen LogP contribution in [0.5, 0.6) is 0 Å². The molecule has 1 N–H and O–H groups in total. The summed E-state index contributed by atoms with van der Waals surface area (Å²) in [5.74, 6) is -1.15. The standard InChI is InChI=1S/C19H27F2NO2/c1-19(2,24-18(23)15-8-11-22-12-9-15)10-4-3-5-14-6-7-16(20)13-17(14)21/h6-7,13,15,22H,3-5,8-12H2,1-2H3. The molecule has 134 valence electrons. The van der Waals surface area contributed by atoms with Crippen LogP contribution in [-0.2, 0) is 16.0 Å². The minimum Gasteiger partial charge on any atom is -0.459 e. The zero-order valence-corrected chi connectivity index (χ0v) is 14.5. The van der Waals surface area contributed by atoms with Crippen molar-refractivity contribution in [1.29, 1.82) is 0 Å². The van der Waals surface area contributed by atoms with Crippen LogP contribution < -0.4 is 5.32 Å². The van der Waals surface area contributed by atoms with Crippen LogP contribution >= 0.6 is 0 Å². The van der Waals surface area contributed by atoms with E-state index in [0.717, 1.165) is 51.3 Å². The first-order valence-electron chi connectivity index (χ1n) is 8.75. The van der Waals surface area contributed by atoms with Gasteiger partial charge in [-0.3, -0.25) is 4.79 Å². The van der Waals surface area contributed by atoms with E-state index in [9.17, 15) is 13.6 Å². The number of carbonyl (C=O) groups is 1.